The Bertz CT molecular complexity index is 458. The Balaban J connectivity index is 3.23. The summed E-state index contributed by atoms with van der Waals surface area (Å²) in [6.45, 7) is 5.23. The topological polar surface area (TPSA) is 38.3 Å². The average molecular weight is 289 g/mol. The van der Waals surface area contributed by atoms with Gasteiger partial charge in [0.25, 0.3) is 0 Å². The summed E-state index contributed by atoms with van der Waals surface area (Å²) in [6.07, 6.45) is -4.51. The highest BCUT2D eigenvalue weighted by molar-refractivity contribution is 5.78. The van der Waals surface area contributed by atoms with Gasteiger partial charge in [-0.15, -0.1) is 0 Å². The molecule has 1 aromatic carbocycles. The standard InChI is InChI=1S/C14H18F3NO2/c1-4-20-13(19)12(18-9(2)3)10-7-5-6-8-11(10)14(15,16)17/h5-9,12,18H,4H2,1-3H3. The SMILES string of the molecule is CCOC(=O)C(NC(C)C)c1ccccc1C(F)(F)F. The summed E-state index contributed by atoms with van der Waals surface area (Å²) in [4.78, 5) is 11.9. The Morgan fingerprint density at radius 3 is 2.40 bits per heavy atom. The minimum absolute atomic E-state index is 0.114. The molecule has 0 radical (unpaired) electrons. The number of ether oxygens (including phenoxy) is 1. The Morgan fingerprint density at radius 1 is 1.30 bits per heavy atom. The minimum Gasteiger partial charge on any atom is -0.465 e. The van der Waals surface area contributed by atoms with Crippen LogP contribution in [0.5, 0.6) is 0 Å². The maximum Gasteiger partial charge on any atom is 0.416 e. The molecule has 1 unspecified atom stereocenters. The van der Waals surface area contributed by atoms with Gasteiger partial charge in [0, 0.05) is 6.04 Å². The first kappa shape index (κ1) is 16.5. The Labute approximate surface area is 116 Å². The van der Waals surface area contributed by atoms with Crippen LogP contribution in [0.4, 0.5) is 13.2 Å². The van der Waals surface area contributed by atoms with E-state index in [-0.39, 0.29) is 18.2 Å². The second-order valence-corrected chi connectivity index (χ2v) is 4.59. The van der Waals surface area contributed by atoms with Gasteiger partial charge in [0.05, 0.1) is 12.2 Å². The normalized spacial score (nSPS) is 13.3. The first-order chi connectivity index (χ1) is 9.27. The fourth-order valence-electron chi connectivity index (χ4n) is 1.85. The molecule has 1 aromatic rings. The molecule has 1 rings (SSSR count). The quantitative estimate of drug-likeness (QED) is 0.845. The highest BCUT2D eigenvalue weighted by Gasteiger charge is 2.37. The summed E-state index contributed by atoms with van der Waals surface area (Å²) >= 11 is 0. The van der Waals surface area contributed by atoms with Gasteiger partial charge in [0.1, 0.15) is 6.04 Å². The van der Waals surface area contributed by atoms with Crippen molar-refractivity contribution < 1.29 is 22.7 Å². The highest BCUT2D eigenvalue weighted by atomic mass is 19.4. The van der Waals surface area contributed by atoms with Crippen molar-refractivity contribution in [2.45, 2.75) is 39.0 Å². The number of hydrogen-bond acceptors (Lipinski definition) is 3. The summed E-state index contributed by atoms with van der Waals surface area (Å²) in [7, 11) is 0. The molecule has 0 fully saturated rings. The highest BCUT2D eigenvalue weighted by Crippen LogP contribution is 2.35. The van der Waals surface area contributed by atoms with Crippen molar-refractivity contribution in [1.29, 1.82) is 0 Å². The molecule has 0 bridgehead atoms. The first-order valence-corrected chi connectivity index (χ1v) is 6.36. The lowest BCUT2D eigenvalue weighted by molar-refractivity contribution is -0.147. The molecular formula is C14H18F3NO2. The van der Waals surface area contributed by atoms with E-state index in [1.807, 2.05) is 0 Å². The Morgan fingerprint density at radius 2 is 1.90 bits per heavy atom. The number of esters is 1. The van der Waals surface area contributed by atoms with E-state index >= 15 is 0 Å². The third kappa shape index (κ3) is 4.23. The second-order valence-electron chi connectivity index (χ2n) is 4.59. The zero-order valence-electron chi connectivity index (χ0n) is 11.6. The van der Waals surface area contributed by atoms with Gasteiger partial charge in [-0.2, -0.15) is 13.2 Å². The van der Waals surface area contributed by atoms with Crippen LogP contribution in [0.25, 0.3) is 0 Å². The zero-order chi connectivity index (χ0) is 15.3. The number of carbonyl (C=O) groups is 1. The lowest BCUT2D eigenvalue weighted by Crippen LogP contribution is -2.36. The number of nitrogens with one attached hydrogen (secondary N) is 1. The summed E-state index contributed by atoms with van der Waals surface area (Å²) in [5.74, 6) is -0.710. The number of hydrogen-bond donors (Lipinski definition) is 1. The van der Waals surface area contributed by atoms with Gasteiger partial charge in [0.15, 0.2) is 0 Å². The van der Waals surface area contributed by atoms with Gasteiger partial charge in [0.2, 0.25) is 0 Å². The van der Waals surface area contributed by atoms with Gasteiger partial charge in [-0.3, -0.25) is 5.32 Å². The Kier molecular flexibility index (Phi) is 5.56. The van der Waals surface area contributed by atoms with Crippen LogP contribution in [0, 0.1) is 0 Å². The van der Waals surface area contributed by atoms with E-state index in [9.17, 15) is 18.0 Å². The lowest BCUT2D eigenvalue weighted by Gasteiger charge is -2.23. The molecule has 3 nitrogen and oxygen atoms in total. The van der Waals surface area contributed by atoms with E-state index in [4.69, 9.17) is 4.74 Å². The van der Waals surface area contributed by atoms with E-state index in [2.05, 4.69) is 5.32 Å². The molecule has 20 heavy (non-hydrogen) atoms. The molecule has 0 amide bonds. The third-order valence-electron chi connectivity index (χ3n) is 2.60. The number of rotatable bonds is 5. The fraction of sp³-hybridized carbons (Fsp3) is 0.500. The van der Waals surface area contributed by atoms with Crippen LogP contribution >= 0.6 is 0 Å². The Hall–Kier alpha value is -1.56. The van der Waals surface area contributed by atoms with Gasteiger partial charge in [-0.1, -0.05) is 18.2 Å². The van der Waals surface area contributed by atoms with Crippen LogP contribution < -0.4 is 5.32 Å². The molecule has 0 spiro atoms. The van der Waals surface area contributed by atoms with Crippen LogP contribution in [0.15, 0.2) is 24.3 Å². The number of halogens is 3. The molecule has 0 heterocycles. The molecule has 0 aromatic heterocycles. The van der Waals surface area contributed by atoms with Gasteiger partial charge in [-0.05, 0) is 32.4 Å². The number of benzene rings is 1. The summed E-state index contributed by atoms with van der Waals surface area (Å²) in [6, 6.07) is 3.73. The molecule has 6 heteroatoms. The maximum atomic E-state index is 13.0. The van der Waals surface area contributed by atoms with Crippen molar-refractivity contribution in [3.63, 3.8) is 0 Å². The van der Waals surface area contributed by atoms with E-state index in [1.54, 1.807) is 20.8 Å². The van der Waals surface area contributed by atoms with Crippen LogP contribution in [0.3, 0.4) is 0 Å². The molecule has 1 N–H and O–H groups in total. The molecule has 0 saturated carbocycles. The molecule has 112 valence electrons. The van der Waals surface area contributed by atoms with Gasteiger partial charge >= 0.3 is 12.1 Å². The van der Waals surface area contributed by atoms with Crippen molar-refractivity contribution in [3.05, 3.63) is 35.4 Å². The fourth-order valence-corrected chi connectivity index (χ4v) is 1.85. The summed E-state index contributed by atoms with van der Waals surface area (Å²) < 4.78 is 43.9. The second kappa shape index (κ2) is 6.74. The van der Waals surface area contributed by atoms with Gasteiger partial charge < -0.3 is 4.74 Å². The zero-order valence-corrected chi connectivity index (χ0v) is 11.6. The smallest absolute Gasteiger partial charge is 0.416 e. The van der Waals surface area contributed by atoms with Crippen molar-refractivity contribution in [2.75, 3.05) is 6.61 Å². The van der Waals surface area contributed by atoms with Gasteiger partial charge in [-0.25, -0.2) is 4.79 Å². The third-order valence-corrected chi connectivity index (χ3v) is 2.60. The molecule has 1 atom stereocenters. The van der Waals surface area contributed by atoms with E-state index < -0.39 is 23.8 Å². The molecular weight excluding hydrogens is 271 g/mol. The van der Waals surface area contributed by atoms with Crippen molar-refractivity contribution >= 4 is 5.97 Å². The number of alkyl halides is 3. The molecule has 0 aliphatic rings. The van der Waals surface area contributed by atoms with E-state index in [1.165, 1.54) is 18.2 Å². The number of carbonyl (C=O) groups excluding carboxylic acids is 1. The largest absolute Gasteiger partial charge is 0.465 e. The molecule has 0 aliphatic heterocycles. The maximum absolute atomic E-state index is 13.0. The van der Waals surface area contributed by atoms with Crippen molar-refractivity contribution in [1.82, 2.24) is 5.32 Å². The van der Waals surface area contributed by atoms with E-state index in [0.29, 0.717) is 0 Å². The molecule has 0 saturated heterocycles. The van der Waals surface area contributed by atoms with Crippen LogP contribution in [0.1, 0.15) is 37.9 Å². The van der Waals surface area contributed by atoms with Crippen LogP contribution in [0.2, 0.25) is 0 Å². The summed E-state index contributed by atoms with van der Waals surface area (Å²) in [5.41, 5.74) is -0.946. The van der Waals surface area contributed by atoms with E-state index in [0.717, 1.165) is 6.07 Å². The predicted molar refractivity (Wildman–Crippen MR) is 69.1 cm³/mol. The molecule has 0 aliphatic carbocycles. The van der Waals surface area contributed by atoms with Crippen molar-refractivity contribution in [2.24, 2.45) is 0 Å². The average Bonchev–Trinajstić information content (AvgIpc) is 2.35. The van der Waals surface area contributed by atoms with Crippen LogP contribution in [-0.4, -0.2) is 18.6 Å². The monoisotopic (exact) mass is 289 g/mol. The first-order valence-electron chi connectivity index (χ1n) is 6.36. The lowest BCUT2D eigenvalue weighted by atomic mass is 9.99. The minimum atomic E-state index is -4.51. The predicted octanol–water partition coefficient (Wildman–Crippen LogP) is 3.31. The summed E-state index contributed by atoms with van der Waals surface area (Å²) in [5, 5.41) is 2.82. The van der Waals surface area contributed by atoms with Crippen molar-refractivity contribution in [3.8, 4) is 0 Å². The van der Waals surface area contributed by atoms with Crippen LogP contribution in [-0.2, 0) is 15.7 Å².